The Hall–Kier alpha value is -2.26. The van der Waals surface area contributed by atoms with Crippen molar-refractivity contribution in [2.45, 2.75) is 18.2 Å². The average molecular weight is 419 g/mol. The van der Waals surface area contributed by atoms with Crippen molar-refractivity contribution in [1.29, 1.82) is 0 Å². The van der Waals surface area contributed by atoms with Gasteiger partial charge < -0.3 is 15.0 Å². The summed E-state index contributed by atoms with van der Waals surface area (Å²) in [7, 11) is -3.56. The zero-order valence-corrected chi connectivity index (χ0v) is 17.4. The van der Waals surface area contributed by atoms with E-state index in [1.807, 2.05) is 19.1 Å². The molecule has 1 amide bonds. The average Bonchev–Trinajstić information content (AvgIpc) is 2.72. The molecular weight excluding hydrogens is 390 g/mol. The molecule has 3 N–H and O–H groups in total. The number of rotatable bonds is 8. The van der Waals surface area contributed by atoms with E-state index in [1.54, 1.807) is 24.3 Å². The van der Waals surface area contributed by atoms with Crippen LogP contribution in [0.5, 0.6) is 0 Å². The highest BCUT2D eigenvalue weighted by Gasteiger charge is 2.16. The van der Waals surface area contributed by atoms with Gasteiger partial charge in [-0.1, -0.05) is 17.7 Å². The maximum atomic E-state index is 12.5. The number of benzene rings is 2. The van der Waals surface area contributed by atoms with E-state index in [2.05, 4.69) is 10.0 Å². The standard InChI is InChI=1S/C21H27N3O4S/c1-17-4-2-5-18(16-17)21(25)23-19-6-8-20(9-7-19)29(26,27)22-10-3-11-24-12-14-28-15-13-24/h2,4-9,16,22H,3,10-15H2,1H3,(H,23,25)/p+1. The first kappa shape index (κ1) is 21.4. The molecule has 1 heterocycles. The molecule has 7 nitrogen and oxygen atoms in total. The second kappa shape index (κ2) is 9.98. The molecule has 0 aliphatic carbocycles. The Bertz CT molecular complexity index is 923. The molecule has 1 aliphatic rings. The van der Waals surface area contributed by atoms with Crippen molar-refractivity contribution in [1.82, 2.24) is 4.72 Å². The van der Waals surface area contributed by atoms with Gasteiger partial charge in [0, 0.05) is 24.2 Å². The fourth-order valence-electron chi connectivity index (χ4n) is 3.25. The lowest BCUT2D eigenvalue weighted by Crippen LogP contribution is -3.14. The Labute approximate surface area is 172 Å². The van der Waals surface area contributed by atoms with Crippen LogP contribution in [0.3, 0.4) is 0 Å². The zero-order chi connectivity index (χ0) is 20.7. The van der Waals surface area contributed by atoms with Crippen LogP contribution >= 0.6 is 0 Å². The molecule has 0 aromatic heterocycles. The first-order chi connectivity index (χ1) is 13.9. The second-order valence-electron chi connectivity index (χ2n) is 7.21. The van der Waals surface area contributed by atoms with E-state index in [0.717, 1.165) is 44.8 Å². The van der Waals surface area contributed by atoms with Crippen molar-refractivity contribution in [2.24, 2.45) is 0 Å². The van der Waals surface area contributed by atoms with Crippen LogP contribution in [0.2, 0.25) is 0 Å². The van der Waals surface area contributed by atoms with Crippen molar-refractivity contribution in [3.05, 3.63) is 59.7 Å². The molecule has 29 heavy (non-hydrogen) atoms. The number of nitrogens with one attached hydrogen (secondary N) is 3. The van der Waals surface area contributed by atoms with Crippen LogP contribution in [-0.2, 0) is 14.8 Å². The summed E-state index contributed by atoms with van der Waals surface area (Å²) >= 11 is 0. The van der Waals surface area contributed by atoms with E-state index in [0.29, 0.717) is 17.8 Å². The van der Waals surface area contributed by atoms with Crippen molar-refractivity contribution in [3.63, 3.8) is 0 Å². The SMILES string of the molecule is Cc1cccc(C(=O)Nc2ccc(S(=O)(=O)NCCC[NH+]3CCOCC3)cc2)c1. The number of morpholine rings is 1. The smallest absolute Gasteiger partial charge is 0.255 e. The highest BCUT2D eigenvalue weighted by molar-refractivity contribution is 7.89. The molecule has 1 aliphatic heterocycles. The maximum absolute atomic E-state index is 12.5. The lowest BCUT2D eigenvalue weighted by atomic mass is 10.1. The quantitative estimate of drug-likeness (QED) is 0.554. The summed E-state index contributed by atoms with van der Waals surface area (Å²) in [6, 6.07) is 13.5. The molecule has 3 rings (SSSR count). The molecule has 156 valence electrons. The predicted molar refractivity (Wildman–Crippen MR) is 112 cm³/mol. The molecule has 0 spiro atoms. The van der Waals surface area contributed by atoms with Crippen LogP contribution in [0.1, 0.15) is 22.3 Å². The van der Waals surface area contributed by atoms with Gasteiger partial charge in [-0.3, -0.25) is 4.79 Å². The van der Waals surface area contributed by atoms with Gasteiger partial charge in [0.05, 0.1) is 24.7 Å². The Morgan fingerprint density at radius 3 is 2.52 bits per heavy atom. The van der Waals surface area contributed by atoms with E-state index >= 15 is 0 Å². The highest BCUT2D eigenvalue weighted by atomic mass is 32.2. The third kappa shape index (κ3) is 6.37. The molecule has 1 fully saturated rings. The first-order valence-corrected chi connectivity index (χ1v) is 11.3. The number of carbonyl (C=O) groups is 1. The van der Waals surface area contributed by atoms with E-state index < -0.39 is 10.0 Å². The van der Waals surface area contributed by atoms with Crippen LogP contribution in [0, 0.1) is 6.92 Å². The summed E-state index contributed by atoms with van der Waals surface area (Å²) in [5.41, 5.74) is 2.11. The third-order valence-electron chi connectivity index (χ3n) is 4.90. The third-order valence-corrected chi connectivity index (χ3v) is 6.38. The van der Waals surface area contributed by atoms with Gasteiger partial charge in [0.1, 0.15) is 13.1 Å². The van der Waals surface area contributed by atoms with Crippen molar-refractivity contribution in [3.8, 4) is 0 Å². The molecule has 2 aromatic carbocycles. The van der Waals surface area contributed by atoms with Gasteiger partial charge >= 0.3 is 0 Å². The van der Waals surface area contributed by atoms with E-state index in [9.17, 15) is 13.2 Å². The molecule has 1 saturated heterocycles. The lowest BCUT2D eigenvalue weighted by Gasteiger charge is -2.23. The first-order valence-electron chi connectivity index (χ1n) is 9.83. The molecule has 0 saturated carbocycles. The number of aryl methyl sites for hydroxylation is 1. The largest absolute Gasteiger partial charge is 0.370 e. The number of hydrogen-bond acceptors (Lipinski definition) is 4. The molecule has 2 aromatic rings. The number of quaternary nitrogens is 1. The van der Waals surface area contributed by atoms with Crippen molar-refractivity contribution in [2.75, 3.05) is 44.7 Å². The maximum Gasteiger partial charge on any atom is 0.255 e. The van der Waals surface area contributed by atoms with Gasteiger partial charge in [-0.15, -0.1) is 0 Å². The molecule has 0 bridgehead atoms. The summed E-state index contributed by atoms with van der Waals surface area (Å²) in [6.45, 7) is 6.74. The fraction of sp³-hybridized carbons (Fsp3) is 0.381. The van der Waals surface area contributed by atoms with Gasteiger partial charge in [-0.25, -0.2) is 13.1 Å². The van der Waals surface area contributed by atoms with Crippen LogP contribution in [0.15, 0.2) is 53.4 Å². The number of amides is 1. The summed E-state index contributed by atoms with van der Waals surface area (Å²) < 4.78 is 32.9. The van der Waals surface area contributed by atoms with E-state index in [-0.39, 0.29) is 10.8 Å². The van der Waals surface area contributed by atoms with E-state index in [1.165, 1.54) is 17.0 Å². The second-order valence-corrected chi connectivity index (χ2v) is 8.98. The highest BCUT2D eigenvalue weighted by Crippen LogP contribution is 2.15. The van der Waals surface area contributed by atoms with Crippen LogP contribution in [0.4, 0.5) is 5.69 Å². The molecule has 0 unspecified atom stereocenters. The van der Waals surface area contributed by atoms with Crippen LogP contribution in [-0.4, -0.2) is 53.7 Å². The Morgan fingerprint density at radius 1 is 1.10 bits per heavy atom. The Kier molecular flexibility index (Phi) is 7.38. The lowest BCUT2D eigenvalue weighted by molar-refractivity contribution is -0.908. The summed E-state index contributed by atoms with van der Waals surface area (Å²) in [6.07, 6.45) is 0.777. The summed E-state index contributed by atoms with van der Waals surface area (Å²) in [5, 5.41) is 2.79. The Morgan fingerprint density at radius 2 is 1.83 bits per heavy atom. The number of anilines is 1. The van der Waals surface area contributed by atoms with Gasteiger partial charge in [0.15, 0.2) is 0 Å². The van der Waals surface area contributed by atoms with Crippen molar-refractivity contribution >= 4 is 21.6 Å². The number of hydrogen-bond donors (Lipinski definition) is 3. The predicted octanol–water partition coefficient (Wildman–Crippen LogP) is 0.831. The molecule has 0 atom stereocenters. The van der Waals surface area contributed by atoms with Gasteiger partial charge in [0.25, 0.3) is 5.91 Å². The number of ether oxygens (including phenoxy) is 1. The molecule has 8 heteroatoms. The van der Waals surface area contributed by atoms with Gasteiger partial charge in [-0.2, -0.15) is 0 Å². The summed E-state index contributed by atoms with van der Waals surface area (Å²) in [5.74, 6) is -0.229. The minimum Gasteiger partial charge on any atom is -0.370 e. The minimum atomic E-state index is -3.56. The van der Waals surface area contributed by atoms with Crippen LogP contribution in [0.25, 0.3) is 0 Å². The van der Waals surface area contributed by atoms with E-state index in [4.69, 9.17) is 4.74 Å². The molecular formula is C21H28N3O4S+. The fourth-order valence-corrected chi connectivity index (χ4v) is 4.32. The zero-order valence-electron chi connectivity index (χ0n) is 16.6. The van der Waals surface area contributed by atoms with Gasteiger partial charge in [-0.05, 0) is 43.3 Å². The molecule has 0 radical (unpaired) electrons. The summed E-state index contributed by atoms with van der Waals surface area (Å²) in [4.78, 5) is 13.9. The van der Waals surface area contributed by atoms with Crippen molar-refractivity contribution < 1.29 is 22.8 Å². The topological polar surface area (TPSA) is 88.9 Å². The monoisotopic (exact) mass is 418 g/mol. The van der Waals surface area contributed by atoms with Gasteiger partial charge in [0.2, 0.25) is 10.0 Å². The minimum absolute atomic E-state index is 0.185. The Balaban J connectivity index is 1.50. The van der Waals surface area contributed by atoms with Crippen LogP contribution < -0.4 is 14.9 Å². The number of carbonyl (C=O) groups excluding carboxylic acids is 1. The number of sulfonamides is 1. The normalized spacial score (nSPS) is 15.2.